The summed E-state index contributed by atoms with van der Waals surface area (Å²) < 4.78 is 62.1. The summed E-state index contributed by atoms with van der Waals surface area (Å²) in [4.78, 5) is 19.6. The number of aromatic nitrogens is 2. The molecule has 0 aliphatic heterocycles. The summed E-state index contributed by atoms with van der Waals surface area (Å²) in [5.41, 5.74) is 0.477. The Hall–Kier alpha value is -3.78. The number of rotatable bonds is 4. The van der Waals surface area contributed by atoms with Crippen molar-refractivity contribution < 1.29 is 26.4 Å². The predicted octanol–water partition coefficient (Wildman–Crippen LogP) is 4.00. The molecule has 1 N–H and O–H groups in total. The maximum absolute atomic E-state index is 12.8. The molecule has 11 heteroatoms. The van der Waals surface area contributed by atoms with E-state index >= 15 is 0 Å². The molecule has 1 amide bonds. The van der Waals surface area contributed by atoms with Crippen LogP contribution in [-0.2, 0) is 16.0 Å². The Bertz CT molecular complexity index is 1360. The van der Waals surface area contributed by atoms with Gasteiger partial charge in [-0.25, -0.2) is 13.4 Å². The van der Waals surface area contributed by atoms with E-state index in [4.69, 9.17) is 0 Å². The van der Waals surface area contributed by atoms with Crippen molar-refractivity contribution >= 4 is 21.4 Å². The maximum Gasteiger partial charge on any atom is 0.433 e. The molecule has 0 bridgehead atoms. The van der Waals surface area contributed by atoms with Crippen molar-refractivity contribution in [3.63, 3.8) is 0 Å². The first-order chi connectivity index (χ1) is 14.9. The molecular weight excluding hydrogens is 445 g/mol. The minimum absolute atomic E-state index is 0.129. The lowest BCUT2D eigenvalue weighted by Gasteiger charge is -2.12. The highest BCUT2D eigenvalue weighted by atomic mass is 32.2. The molecule has 3 rings (SSSR count). The summed E-state index contributed by atoms with van der Waals surface area (Å²) in [6.45, 7) is 1.76. The van der Waals surface area contributed by atoms with Gasteiger partial charge >= 0.3 is 6.18 Å². The molecule has 7 nitrogen and oxygen atoms in total. The smallest absolute Gasteiger partial charge is 0.322 e. The maximum atomic E-state index is 12.8. The number of carbonyl (C=O) groups excluding carboxylic acids is 1. The van der Waals surface area contributed by atoms with Crippen LogP contribution in [0.5, 0.6) is 0 Å². The van der Waals surface area contributed by atoms with Gasteiger partial charge < -0.3 is 5.32 Å². The second-order valence-corrected chi connectivity index (χ2v) is 8.80. The number of carbonyl (C=O) groups is 1. The average molecular weight is 460 g/mol. The number of hydrogen-bond donors (Lipinski definition) is 1. The summed E-state index contributed by atoms with van der Waals surface area (Å²) in [6.07, 6.45) is -1.54. The molecule has 2 heterocycles. The monoisotopic (exact) mass is 460 g/mol. The van der Waals surface area contributed by atoms with Crippen LogP contribution in [0, 0.1) is 18.3 Å². The number of amides is 1. The van der Waals surface area contributed by atoms with E-state index in [9.17, 15) is 31.6 Å². The van der Waals surface area contributed by atoms with Crippen LogP contribution >= 0.6 is 0 Å². The molecule has 0 saturated carbocycles. The minimum Gasteiger partial charge on any atom is -0.322 e. The summed E-state index contributed by atoms with van der Waals surface area (Å²) in [5.74, 6) is -0.768. The molecule has 0 unspecified atom stereocenters. The van der Waals surface area contributed by atoms with Crippen LogP contribution in [-0.4, -0.2) is 30.5 Å². The number of nitrogens with zero attached hydrogens (tertiary/aromatic N) is 3. The molecule has 3 aromatic rings. The largest absolute Gasteiger partial charge is 0.433 e. The molecule has 0 spiro atoms. The standard InChI is InChI=1S/C21H15F3N4O3S/c1-12-3-4-16(28-19(29)13-5-6-26-18(8-13)21(22,23)24)9-17(12)15-7-14(10-25)20(27-11-15)32(2,30)31/h3-9,11H,1-2H3,(H,28,29). The van der Waals surface area contributed by atoms with Gasteiger partial charge in [0.05, 0.1) is 5.56 Å². The van der Waals surface area contributed by atoms with Crippen LogP contribution in [0.25, 0.3) is 11.1 Å². The lowest BCUT2D eigenvalue weighted by molar-refractivity contribution is -0.141. The van der Waals surface area contributed by atoms with Crippen molar-refractivity contribution in [3.05, 3.63) is 71.2 Å². The van der Waals surface area contributed by atoms with E-state index in [0.717, 1.165) is 24.1 Å². The third kappa shape index (κ3) is 4.92. The van der Waals surface area contributed by atoms with Crippen molar-refractivity contribution in [2.24, 2.45) is 0 Å². The molecule has 0 saturated heterocycles. The number of benzene rings is 1. The SMILES string of the molecule is Cc1ccc(NC(=O)c2ccnc(C(F)(F)F)c2)cc1-c1cnc(S(C)(=O)=O)c(C#N)c1. The number of aryl methyl sites for hydroxylation is 1. The number of pyridine rings is 2. The topological polar surface area (TPSA) is 113 Å². The highest BCUT2D eigenvalue weighted by Crippen LogP contribution is 2.30. The Morgan fingerprint density at radius 3 is 2.47 bits per heavy atom. The van der Waals surface area contributed by atoms with Gasteiger partial charge in [-0.3, -0.25) is 9.78 Å². The first kappa shape index (κ1) is 22.9. The zero-order valence-corrected chi connectivity index (χ0v) is 17.5. The lowest BCUT2D eigenvalue weighted by Crippen LogP contribution is -2.15. The first-order valence-electron chi connectivity index (χ1n) is 8.96. The number of alkyl halides is 3. The van der Waals surface area contributed by atoms with E-state index in [1.165, 1.54) is 12.3 Å². The lowest BCUT2D eigenvalue weighted by atomic mass is 10.00. The highest BCUT2D eigenvalue weighted by Gasteiger charge is 2.33. The van der Waals surface area contributed by atoms with Crippen LogP contribution in [0.4, 0.5) is 18.9 Å². The van der Waals surface area contributed by atoms with Crippen molar-refractivity contribution in [3.8, 4) is 17.2 Å². The summed E-state index contributed by atoms with van der Waals surface area (Å²) in [6, 6.07) is 9.77. The Morgan fingerprint density at radius 2 is 1.84 bits per heavy atom. The van der Waals surface area contributed by atoms with E-state index in [0.29, 0.717) is 17.2 Å². The second-order valence-electron chi connectivity index (χ2n) is 6.87. The van der Waals surface area contributed by atoms with E-state index in [1.807, 2.05) is 6.07 Å². The Labute approximate surface area is 181 Å². The van der Waals surface area contributed by atoms with E-state index in [1.54, 1.807) is 25.1 Å². The number of anilines is 1. The normalized spacial score (nSPS) is 11.6. The number of nitrogens with one attached hydrogen (secondary N) is 1. The Kier molecular flexibility index (Phi) is 6.00. The Balaban J connectivity index is 1.95. The van der Waals surface area contributed by atoms with Gasteiger partial charge in [0.1, 0.15) is 11.8 Å². The van der Waals surface area contributed by atoms with Crippen LogP contribution in [0.1, 0.15) is 27.2 Å². The van der Waals surface area contributed by atoms with Crippen molar-refractivity contribution in [1.82, 2.24) is 9.97 Å². The van der Waals surface area contributed by atoms with Crippen molar-refractivity contribution in [2.75, 3.05) is 11.6 Å². The fourth-order valence-electron chi connectivity index (χ4n) is 2.92. The molecule has 1 aromatic carbocycles. The third-order valence-corrected chi connectivity index (χ3v) is 5.47. The van der Waals surface area contributed by atoms with E-state index < -0.39 is 27.6 Å². The van der Waals surface area contributed by atoms with Crippen LogP contribution < -0.4 is 5.32 Å². The summed E-state index contributed by atoms with van der Waals surface area (Å²) in [5, 5.41) is 11.5. The van der Waals surface area contributed by atoms with Crippen LogP contribution in [0.15, 0.2) is 53.8 Å². The van der Waals surface area contributed by atoms with Gasteiger partial charge in [0, 0.05) is 35.5 Å². The Morgan fingerprint density at radius 1 is 1.12 bits per heavy atom. The molecule has 0 aliphatic carbocycles. The summed E-state index contributed by atoms with van der Waals surface area (Å²) >= 11 is 0. The van der Waals surface area contributed by atoms with Gasteiger partial charge in [0.2, 0.25) is 0 Å². The predicted molar refractivity (Wildman–Crippen MR) is 109 cm³/mol. The highest BCUT2D eigenvalue weighted by molar-refractivity contribution is 7.90. The zero-order chi connectivity index (χ0) is 23.7. The van der Waals surface area contributed by atoms with Gasteiger partial charge in [0.15, 0.2) is 14.9 Å². The second kappa shape index (κ2) is 8.39. The van der Waals surface area contributed by atoms with Crippen molar-refractivity contribution in [2.45, 2.75) is 18.1 Å². The number of sulfone groups is 1. The van der Waals surface area contributed by atoms with Gasteiger partial charge in [-0.05, 0) is 48.4 Å². The number of nitriles is 1. The molecule has 0 fully saturated rings. The number of hydrogen-bond acceptors (Lipinski definition) is 6. The molecule has 164 valence electrons. The zero-order valence-electron chi connectivity index (χ0n) is 16.7. The fourth-order valence-corrected chi connectivity index (χ4v) is 3.66. The van der Waals surface area contributed by atoms with Gasteiger partial charge in [-0.1, -0.05) is 6.07 Å². The van der Waals surface area contributed by atoms with Gasteiger partial charge in [0.25, 0.3) is 5.91 Å². The molecule has 0 atom stereocenters. The molecule has 0 aliphatic rings. The van der Waals surface area contributed by atoms with Crippen molar-refractivity contribution in [1.29, 1.82) is 5.26 Å². The van der Waals surface area contributed by atoms with Gasteiger partial charge in [-0.2, -0.15) is 18.4 Å². The quantitative estimate of drug-likeness (QED) is 0.630. The van der Waals surface area contributed by atoms with Gasteiger partial charge in [-0.15, -0.1) is 0 Å². The van der Waals surface area contributed by atoms with E-state index in [2.05, 4.69) is 15.3 Å². The molecular formula is C21H15F3N4O3S. The fraction of sp³-hybridized carbons (Fsp3) is 0.143. The molecule has 32 heavy (non-hydrogen) atoms. The van der Waals surface area contributed by atoms with E-state index in [-0.39, 0.29) is 21.8 Å². The first-order valence-corrected chi connectivity index (χ1v) is 10.8. The van der Waals surface area contributed by atoms with Crippen LogP contribution in [0.2, 0.25) is 0 Å². The van der Waals surface area contributed by atoms with Crippen LogP contribution in [0.3, 0.4) is 0 Å². The third-order valence-electron chi connectivity index (χ3n) is 4.44. The minimum atomic E-state index is -4.68. The average Bonchev–Trinajstić information content (AvgIpc) is 2.73. The molecule has 2 aromatic heterocycles. The number of halogens is 3. The molecule has 0 radical (unpaired) electrons. The summed E-state index contributed by atoms with van der Waals surface area (Å²) in [7, 11) is -3.70.